The molecule has 0 saturated heterocycles. The minimum Gasteiger partial charge on any atom is -0.303 e. The highest BCUT2D eigenvalue weighted by Crippen LogP contribution is 2.12. The van der Waals surface area contributed by atoms with Crippen LogP contribution in [0.1, 0.15) is 19.4 Å². The van der Waals surface area contributed by atoms with Gasteiger partial charge >= 0.3 is 0 Å². The Hall–Kier alpha value is -0.430. The third kappa shape index (κ3) is 6.51. The standard InChI is InChI=1S/C13H21BrN2O2S/c1-3-16(4-2)10-9-15-19(17,18)11-12-5-7-13(14)8-6-12/h5-8,15H,3-4,9-11H2,1-2H3. The van der Waals surface area contributed by atoms with Crippen molar-refractivity contribution in [2.24, 2.45) is 0 Å². The van der Waals surface area contributed by atoms with E-state index in [1.54, 1.807) is 0 Å². The van der Waals surface area contributed by atoms with E-state index in [9.17, 15) is 8.42 Å². The summed E-state index contributed by atoms with van der Waals surface area (Å²) in [6.45, 7) is 7.21. The predicted octanol–water partition coefficient (Wildman–Crippen LogP) is 2.21. The van der Waals surface area contributed by atoms with E-state index >= 15 is 0 Å². The Balaban J connectivity index is 2.46. The molecule has 0 radical (unpaired) electrons. The van der Waals surface area contributed by atoms with E-state index in [1.165, 1.54) is 0 Å². The molecule has 6 heteroatoms. The highest BCUT2D eigenvalue weighted by Gasteiger charge is 2.11. The summed E-state index contributed by atoms with van der Waals surface area (Å²) in [6, 6.07) is 7.32. The molecule has 4 nitrogen and oxygen atoms in total. The summed E-state index contributed by atoms with van der Waals surface area (Å²) < 4.78 is 27.4. The summed E-state index contributed by atoms with van der Waals surface area (Å²) in [5.74, 6) is 0.0263. The largest absolute Gasteiger partial charge is 0.303 e. The lowest BCUT2D eigenvalue weighted by molar-refractivity contribution is 0.309. The number of sulfonamides is 1. The molecule has 0 aliphatic rings. The van der Waals surface area contributed by atoms with Crippen LogP contribution >= 0.6 is 15.9 Å². The number of nitrogens with one attached hydrogen (secondary N) is 1. The van der Waals surface area contributed by atoms with Crippen LogP contribution < -0.4 is 4.72 Å². The SMILES string of the molecule is CCN(CC)CCNS(=O)(=O)Cc1ccc(Br)cc1. The number of likely N-dealkylation sites (N-methyl/N-ethyl adjacent to an activating group) is 1. The minimum absolute atomic E-state index is 0.0263. The van der Waals surface area contributed by atoms with Crippen molar-refractivity contribution >= 4 is 26.0 Å². The van der Waals surface area contributed by atoms with Crippen molar-refractivity contribution in [3.8, 4) is 0 Å². The second kappa shape index (κ2) is 7.99. The lowest BCUT2D eigenvalue weighted by Crippen LogP contribution is -2.35. The third-order valence-corrected chi connectivity index (χ3v) is 4.80. The molecule has 0 spiro atoms. The molecule has 0 amide bonds. The molecular weight excluding hydrogens is 328 g/mol. The Kier molecular flexibility index (Phi) is 6.99. The van der Waals surface area contributed by atoms with Gasteiger partial charge < -0.3 is 4.90 Å². The van der Waals surface area contributed by atoms with Crippen molar-refractivity contribution in [2.45, 2.75) is 19.6 Å². The lowest BCUT2D eigenvalue weighted by Gasteiger charge is -2.18. The van der Waals surface area contributed by atoms with E-state index in [-0.39, 0.29) is 5.75 Å². The molecule has 0 bridgehead atoms. The van der Waals surface area contributed by atoms with Gasteiger partial charge in [0.15, 0.2) is 0 Å². The first-order valence-electron chi connectivity index (χ1n) is 6.41. The molecule has 0 unspecified atom stereocenters. The van der Waals surface area contributed by atoms with E-state index < -0.39 is 10.0 Å². The van der Waals surface area contributed by atoms with Crippen LogP contribution in [-0.2, 0) is 15.8 Å². The summed E-state index contributed by atoms with van der Waals surface area (Å²) in [7, 11) is -3.25. The highest BCUT2D eigenvalue weighted by atomic mass is 79.9. The molecule has 1 aromatic carbocycles. The van der Waals surface area contributed by atoms with Crippen molar-refractivity contribution in [2.75, 3.05) is 26.2 Å². The zero-order valence-corrected chi connectivity index (χ0v) is 13.8. The Morgan fingerprint density at radius 1 is 1.16 bits per heavy atom. The van der Waals surface area contributed by atoms with Crippen LogP contribution in [0.4, 0.5) is 0 Å². The van der Waals surface area contributed by atoms with E-state index in [2.05, 4.69) is 39.4 Å². The smallest absolute Gasteiger partial charge is 0.215 e. The van der Waals surface area contributed by atoms with Crippen LogP contribution in [0, 0.1) is 0 Å². The Morgan fingerprint density at radius 3 is 2.26 bits per heavy atom. The van der Waals surface area contributed by atoms with Crippen LogP contribution in [0.2, 0.25) is 0 Å². The monoisotopic (exact) mass is 348 g/mol. The number of halogens is 1. The molecule has 108 valence electrons. The van der Waals surface area contributed by atoms with E-state index in [0.717, 1.165) is 29.7 Å². The van der Waals surface area contributed by atoms with Crippen molar-refractivity contribution in [3.05, 3.63) is 34.3 Å². The second-order valence-electron chi connectivity index (χ2n) is 4.31. The average molecular weight is 349 g/mol. The summed E-state index contributed by atoms with van der Waals surface area (Å²) in [5.41, 5.74) is 0.790. The van der Waals surface area contributed by atoms with Gasteiger partial charge in [0.25, 0.3) is 0 Å². The van der Waals surface area contributed by atoms with Gasteiger partial charge in [-0.3, -0.25) is 0 Å². The number of hydrogen-bond acceptors (Lipinski definition) is 3. The van der Waals surface area contributed by atoms with Gasteiger partial charge in [0.2, 0.25) is 10.0 Å². The molecule has 0 aliphatic heterocycles. The number of benzene rings is 1. The molecule has 1 aromatic rings. The number of hydrogen-bond donors (Lipinski definition) is 1. The van der Waals surface area contributed by atoms with Gasteiger partial charge in [0.05, 0.1) is 5.75 Å². The summed E-state index contributed by atoms with van der Waals surface area (Å²) in [5, 5.41) is 0. The van der Waals surface area contributed by atoms with E-state index in [0.29, 0.717) is 6.54 Å². The van der Waals surface area contributed by atoms with Crippen molar-refractivity contribution < 1.29 is 8.42 Å². The van der Waals surface area contributed by atoms with Gasteiger partial charge in [-0.2, -0.15) is 0 Å². The Bertz CT molecular complexity index is 470. The molecule has 0 atom stereocenters. The maximum atomic E-state index is 11.9. The number of nitrogens with zero attached hydrogens (tertiary/aromatic N) is 1. The van der Waals surface area contributed by atoms with Crippen LogP contribution in [0.15, 0.2) is 28.7 Å². The number of rotatable bonds is 8. The van der Waals surface area contributed by atoms with Crippen LogP contribution in [0.3, 0.4) is 0 Å². The fourth-order valence-electron chi connectivity index (χ4n) is 1.75. The van der Waals surface area contributed by atoms with Gasteiger partial charge in [-0.25, -0.2) is 13.1 Å². The molecule has 0 aliphatic carbocycles. The van der Waals surface area contributed by atoms with Gasteiger partial charge in [-0.15, -0.1) is 0 Å². The topological polar surface area (TPSA) is 49.4 Å². The van der Waals surface area contributed by atoms with Gasteiger partial charge in [0, 0.05) is 17.6 Å². The van der Waals surface area contributed by atoms with Crippen LogP contribution in [-0.4, -0.2) is 39.5 Å². The molecule has 0 aromatic heterocycles. The van der Waals surface area contributed by atoms with Gasteiger partial charge in [-0.05, 0) is 30.8 Å². The minimum atomic E-state index is -3.25. The fraction of sp³-hybridized carbons (Fsp3) is 0.538. The third-order valence-electron chi connectivity index (χ3n) is 2.91. The van der Waals surface area contributed by atoms with Crippen molar-refractivity contribution in [1.82, 2.24) is 9.62 Å². The quantitative estimate of drug-likeness (QED) is 0.783. The van der Waals surface area contributed by atoms with Gasteiger partial charge in [0.1, 0.15) is 0 Å². The lowest BCUT2D eigenvalue weighted by atomic mass is 10.2. The molecule has 0 heterocycles. The Labute approximate surface area is 124 Å². The van der Waals surface area contributed by atoms with Gasteiger partial charge in [-0.1, -0.05) is 41.9 Å². The molecule has 1 rings (SSSR count). The van der Waals surface area contributed by atoms with Crippen molar-refractivity contribution in [3.63, 3.8) is 0 Å². The molecule has 1 N–H and O–H groups in total. The van der Waals surface area contributed by atoms with Crippen LogP contribution in [0.25, 0.3) is 0 Å². The zero-order chi connectivity index (χ0) is 14.3. The first-order valence-corrected chi connectivity index (χ1v) is 8.85. The highest BCUT2D eigenvalue weighted by molar-refractivity contribution is 9.10. The normalized spacial score (nSPS) is 12.0. The zero-order valence-electron chi connectivity index (χ0n) is 11.4. The average Bonchev–Trinajstić information content (AvgIpc) is 2.37. The fourth-order valence-corrected chi connectivity index (χ4v) is 3.15. The summed E-state index contributed by atoms with van der Waals surface area (Å²) in [6.07, 6.45) is 0. The van der Waals surface area contributed by atoms with Crippen molar-refractivity contribution in [1.29, 1.82) is 0 Å². The van der Waals surface area contributed by atoms with Crippen LogP contribution in [0.5, 0.6) is 0 Å². The summed E-state index contributed by atoms with van der Waals surface area (Å²) >= 11 is 3.33. The van der Waals surface area contributed by atoms with E-state index in [4.69, 9.17) is 0 Å². The molecule has 0 saturated carbocycles. The first-order chi connectivity index (χ1) is 8.96. The summed E-state index contributed by atoms with van der Waals surface area (Å²) in [4.78, 5) is 2.18. The molecular formula is C13H21BrN2O2S. The molecule has 19 heavy (non-hydrogen) atoms. The molecule has 0 fully saturated rings. The van der Waals surface area contributed by atoms with E-state index in [1.807, 2.05) is 24.3 Å². The Morgan fingerprint density at radius 2 is 1.74 bits per heavy atom. The maximum Gasteiger partial charge on any atom is 0.215 e. The predicted molar refractivity (Wildman–Crippen MR) is 82.6 cm³/mol. The second-order valence-corrected chi connectivity index (χ2v) is 7.03. The first kappa shape index (κ1) is 16.6. The maximum absolute atomic E-state index is 11.9.